The fraction of sp³-hybridized carbons (Fsp3) is 0.471. The molecule has 1 aliphatic heterocycles. The third-order valence-electron chi connectivity index (χ3n) is 4.75. The maximum absolute atomic E-state index is 12.8. The number of aromatic nitrogens is 1. The number of aryl methyl sites for hydroxylation is 1. The Kier molecular flexibility index (Phi) is 5.94. The van der Waals surface area contributed by atoms with E-state index < -0.39 is 31.1 Å². The average molecular weight is 431 g/mol. The summed E-state index contributed by atoms with van der Waals surface area (Å²) in [6.45, 7) is 3.08. The monoisotopic (exact) mass is 431 g/mol. The Hall–Kier alpha value is -2.14. The summed E-state index contributed by atoms with van der Waals surface area (Å²) in [4.78, 5) is 16.4. The van der Waals surface area contributed by atoms with E-state index in [9.17, 15) is 27.3 Å². The molecule has 3 rings (SSSR count). The lowest BCUT2D eigenvalue weighted by Gasteiger charge is -2.33. The molecule has 28 heavy (non-hydrogen) atoms. The van der Waals surface area contributed by atoms with Crippen molar-refractivity contribution in [3.63, 3.8) is 0 Å². The first-order valence-electron chi connectivity index (χ1n) is 8.73. The number of rotatable bonds is 6. The molecule has 0 spiro atoms. The molecule has 1 unspecified atom stereocenters. The topological polar surface area (TPSA) is 93.4 Å². The van der Waals surface area contributed by atoms with Crippen LogP contribution in [0.1, 0.15) is 36.4 Å². The predicted octanol–water partition coefficient (Wildman–Crippen LogP) is 3.99. The molecular weight excluding hydrogens is 412 g/mol. The van der Waals surface area contributed by atoms with Crippen LogP contribution in [0.25, 0.3) is 0 Å². The smallest absolute Gasteiger partial charge is 0.341 e. The van der Waals surface area contributed by atoms with Crippen LogP contribution in [-0.2, 0) is 16.3 Å². The molecule has 1 aromatic carbocycles. The van der Waals surface area contributed by atoms with E-state index in [1.54, 1.807) is 16.2 Å². The van der Waals surface area contributed by atoms with E-state index in [1.165, 1.54) is 6.07 Å². The van der Waals surface area contributed by atoms with Crippen LogP contribution in [0.15, 0.2) is 28.5 Å². The fourth-order valence-corrected chi connectivity index (χ4v) is 5.04. The zero-order chi connectivity index (χ0) is 20.5. The van der Waals surface area contributed by atoms with E-state index in [0.717, 1.165) is 42.1 Å². The van der Waals surface area contributed by atoms with Gasteiger partial charge in [0.15, 0.2) is 0 Å². The molecule has 1 atom stereocenters. The quantitative estimate of drug-likeness (QED) is 0.507. The molecule has 1 saturated heterocycles. The molecule has 1 aromatic heterocycles. The normalized spacial score (nSPS) is 17.9. The van der Waals surface area contributed by atoms with Gasteiger partial charge < -0.3 is 4.90 Å². The lowest BCUT2D eigenvalue weighted by Crippen LogP contribution is -2.34. The van der Waals surface area contributed by atoms with Crippen LogP contribution < -0.4 is 4.90 Å². The highest BCUT2D eigenvalue weighted by atomic mass is 32.2. The van der Waals surface area contributed by atoms with E-state index >= 15 is 0 Å². The number of anilines is 1. The van der Waals surface area contributed by atoms with E-state index in [2.05, 4.69) is 4.98 Å². The number of piperidine rings is 1. The van der Waals surface area contributed by atoms with Crippen LogP contribution in [0.5, 0.6) is 0 Å². The molecule has 1 fully saturated rings. The molecule has 1 aliphatic rings. The number of hydrogen-bond acceptors (Lipinski definition) is 7. The highest BCUT2D eigenvalue weighted by molar-refractivity contribution is 7.91. The van der Waals surface area contributed by atoms with Crippen molar-refractivity contribution in [3.05, 3.63) is 44.4 Å². The lowest BCUT2D eigenvalue weighted by atomic mass is 9.98. The van der Waals surface area contributed by atoms with Gasteiger partial charge >= 0.3 is 5.76 Å². The second kappa shape index (κ2) is 8.08. The summed E-state index contributed by atoms with van der Waals surface area (Å²) < 4.78 is 48.9. The first-order valence-corrected chi connectivity index (χ1v) is 11.2. The third-order valence-corrected chi connectivity index (χ3v) is 7.19. The summed E-state index contributed by atoms with van der Waals surface area (Å²) in [7, 11) is -4.90. The molecule has 7 nitrogen and oxygen atoms in total. The highest BCUT2D eigenvalue weighted by Crippen LogP contribution is 2.37. The van der Waals surface area contributed by atoms with Crippen molar-refractivity contribution in [2.45, 2.75) is 42.8 Å². The minimum absolute atomic E-state index is 0.114. The number of nitro benzene ring substituents is 1. The van der Waals surface area contributed by atoms with Gasteiger partial charge in [-0.2, -0.15) is 8.78 Å². The SMILES string of the molecule is CCc1csc(C2CCCN(c3ccc(S(=O)(=O)C(F)F)cc3[N+](=O)[O-])C2)n1. The van der Waals surface area contributed by atoms with Crippen molar-refractivity contribution in [2.24, 2.45) is 0 Å². The van der Waals surface area contributed by atoms with Gasteiger partial charge in [0.25, 0.3) is 5.69 Å². The Morgan fingerprint density at radius 3 is 2.79 bits per heavy atom. The molecule has 0 bridgehead atoms. The van der Waals surface area contributed by atoms with Crippen LogP contribution >= 0.6 is 11.3 Å². The minimum atomic E-state index is -4.90. The summed E-state index contributed by atoms with van der Waals surface area (Å²) in [5.74, 6) is -3.52. The van der Waals surface area contributed by atoms with Crippen LogP contribution in [-0.4, -0.2) is 37.2 Å². The number of sulfone groups is 1. The number of benzene rings is 1. The highest BCUT2D eigenvalue weighted by Gasteiger charge is 2.32. The van der Waals surface area contributed by atoms with Gasteiger partial charge in [-0.3, -0.25) is 10.1 Å². The molecule has 0 amide bonds. The molecule has 2 heterocycles. The Balaban J connectivity index is 1.92. The maximum Gasteiger partial charge on any atom is 0.341 e. The molecular formula is C17H19F2N3O4S2. The van der Waals surface area contributed by atoms with Crippen LogP contribution in [0, 0.1) is 10.1 Å². The van der Waals surface area contributed by atoms with E-state index in [4.69, 9.17) is 0 Å². The Bertz CT molecular complexity index is 979. The third kappa shape index (κ3) is 4.00. The maximum atomic E-state index is 12.8. The summed E-state index contributed by atoms with van der Waals surface area (Å²) in [5, 5.41) is 14.5. The van der Waals surface area contributed by atoms with E-state index in [0.29, 0.717) is 13.1 Å². The van der Waals surface area contributed by atoms with Gasteiger partial charge in [0.2, 0.25) is 9.84 Å². The zero-order valence-corrected chi connectivity index (χ0v) is 16.7. The number of nitro groups is 1. The van der Waals surface area contributed by atoms with E-state index in [1.807, 2.05) is 12.3 Å². The molecule has 152 valence electrons. The zero-order valence-electron chi connectivity index (χ0n) is 15.0. The van der Waals surface area contributed by atoms with Crippen LogP contribution in [0.2, 0.25) is 0 Å². The number of alkyl halides is 2. The van der Waals surface area contributed by atoms with Crippen molar-refractivity contribution in [3.8, 4) is 0 Å². The van der Waals surface area contributed by atoms with Crippen LogP contribution in [0.3, 0.4) is 0 Å². The second-order valence-electron chi connectivity index (χ2n) is 6.53. The largest absolute Gasteiger partial charge is 0.365 e. The van der Waals surface area contributed by atoms with Gasteiger partial charge in [-0.05, 0) is 31.4 Å². The summed E-state index contributed by atoms with van der Waals surface area (Å²) >= 11 is 1.56. The van der Waals surface area contributed by atoms with Crippen molar-refractivity contribution in [1.29, 1.82) is 0 Å². The standard InChI is InChI=1S/C17H19F2N3O4S2/c1-2-12-10-27-16(20-12)11-4-3-7-21(9-11)14-6-5-13(8-15(14)22(23)24)28(25,26)17(18)19/h5-6,8,10-11,17H,2-4,7,9H2,1H3. The van der Waals surface area contributed by atoms with Crippen molar-refractivity contribution in [2.75, 3.05) is 18.0 Å². The Morgan fingerprint density at radius 2 is 2.18 bits per heavy atom. The first kappa shape index (κ1) is 20.6. The van der Waals surface area contributed by atoms with Gasteiger partial charge in [0.05, 0.1) is 20.5 Å². The predicted molar refractivity (Wildman–Crippen MR) is 102 cm³/mol. The first-order chi connectivity index (χ1) is 13.2. The molecule has 2 aromatic rings. The minimum Gasteiger partial charge on any atom is -0.365 e. The van der Waals surface area contributed by atoms with Crippen LogP contribution in [0.4, 0.5) is 20.2 Å². The van der Waals surface area contributed by atoms with Crippen molar-refractivity contribution < 1.29 is 22.1 Å². The summed E-state index contributed by atoms with van der Waals surface area (Å²) in [6.07, 6.45) is 2.53. The van der Waals surface area contributed by atoms with Crippen molar-refractivity contribution in [1.82, 2.24) is 4.98 Å². The number of nitrogens with zero attached hydrogens (tertiary/aromatic N) is 3. The van der Waals surface area contributed by atoms with Crippen molar-refractivity contribution >= 4 is 32.5 Å². The molecule has 0 saturated carbocycles. The van der Waals surface area contributed by atoms with Gasteiger partial charge in [-0.25, -0.2) is 13.4 Å². The van der Waals surface area contributed by atoms with Gasteiger partial charge in [-0.1, -0.05) is 6.92 Å². The molecule has 0 aliphatic carbocycles. The number of hydrogen-bond donors (Lipinski definition) is 0. The molecule has 0 N–H and O–H groups in total. The summed E-state index contributed by atoms with van der Waals surface area (Å²) in [6, 6.07) is 2.97. The average Bonchev–Trinajstić information content (AvgIpc) is 3.16. The fourth-order valence-electron chi connectivity index (χ4n) is 3.27. The lowest BCUT2D eigenvalue weighted by molar-refractivity contribution is -0.384. The number of halogens is 2. The Labute approximate surface area is 165 Å². The molecule has 0 radical (unpaired) electrons. The Morgan fingerprint density at radius 1 is 1.43 bits per heavy atom. The second-order valence-corrected chi connectivity index (χ2v) is 9.34. The van der Waals surface area contributed by atoms with Gasteiger partial charge in [-0.15, -0.1) is 11.3 Å². The van der Waals surface area contributed by atoms with Gasteiger partial charge in [0, 0.05) is 30.5 Å². The summed E-state index contributed by atoms with van der Waals surface area (Å²) in [5.41, 5.74) is 0.746. The number of thiazole rings is 1. The molecule has 11 heteroatoms. The van der Waals surface area contributed by atoms with Gasteiger partial charge in [0.1, 0.15) is 5.69 Å². The van der Waals surface area contributed by atoms with E-state index in [-0.39, 0.29) is 11.6 Å².